The Morgan fingerprint density at radius 3 is 2.42 bits per heavy atom. The molecule has 1 heterocycles. The van der Waals surface area contributed by atoms with Crippen LogP contribution in [0.4, 0.5) is 5.69 Å². The Morgan fingerprint density at radius 2 is 1.83 bits per heavy atom. The summed E-state index contributed by atoms with van der Waals surface area (Å²) in [5.74, 6) is 0.629. The van der Waals surface area contributed by atoms with Crippen LogP contribution in [0.15, 0.2) is 41.3 Å². The van der Waals surface area contributed by atoms with Crippen LogP contribution in [0.5, 0.6) is 5.75 Å². The first-order valence-electron chi connectivity index (χ1n) is 7.78. The molecule has 2 aromatic carbocycles. The number of sulfonamides is 1. The molecular formula is C18H21NO4S. The number of aliphatic hydroxyl groups is 1. The second-order valence-electron chi connectivity index (χ2n) is 6.06. The van der Waals surface area contributed by atoms with Crippen LogP contribution in [0, 0.1) is 13.8 Å². The molecule has 0 saturated carbocycles. The highest BCUT2D eigenvalue weighted by Crippen LogP contribution is 2.38. The lowest BCUT2D eigenvalue weighted by molar-refractivity contribution is 0.270. The summed E-state index contributed by atoms with van der Waals surface area (Å²) in [5.41, 5.74) is 2.84. The maximum Gasteiger partial charge on any atom is 0.265 e. The van der Waals surface area contributed by atoms with Gasteiger partial charge in [0, 0.05) is 0 Å². The number of methoxy groups -OCH3 is 1. The van der Waals surface area contributed by atoms with Gasteiger partial charge in [-0.3, -0.25) is 4.31 Å². The van der Waals surface area contributed by atoms with Gasteiger partial charge in [-0.2, -0.15) is 0 Å². The molecule has 0 aromatic heterocycles. The van der Waals surface area contributed by atoms with Crippen LogP contribution in [0.3, 0.4) is 0 Å². The van der Waals surface area contributed by atoms with Crippen LogP contribution in [-0.2, 0) is 16.4 Å². The maximum absolute atomic E-state index is 13.4. The highest BCUT2D eigenvalue weighted by molar-refractivity contribution is 7.93. The number of hydrogen-bond acceptors (Lipinski definition) is 4. The summed E-state index contributed by atoms with van der Waals surface area (Å²) in [7, 11) is -2.23. The summed E-state index contributed by atoms with van der Waals surface area (Å²) >= 11 is 0. The van der Waals surface area contributed by atoms with Gasteiger partial charge in [-0.15, -0.1) is 0 Å². The molecule has 1 N–H and O–H groups in total. The van der Waals surface area contributed by atoms with Crippen LogP contribution in [-0.4, -0.2) is 33.3 Å². The zero-order chi connectivity index (χ0) is 17.5. The van der Waals surface area contributed by atoms with Gasteiger partial charge >= 0.3 is 0 Å². The molecular weight excluding hydrogens is 326 g/mol. The SMILES string of the molecule is COc1cc(C)c(S(=O)(=O)N2c3ccccc3C[C@@H]2CO)c(C)c1. The van der Waals surface area contributed by atoms with Gasteiger partial charge in [0.1, 0.15) is 5.75 Å². The minimum Gasteiger partial charge on any atom is -0.497 e. The van der Waals surface area contributed by atoms with E-state index in [9.17, 15) is 13.5 Å². The van der Waals surface area contributed by atoms with E-state index in [1.807, 2.05) is 18.2 Å². The molecule has 1 atom stereocenters. The van der Waals surface area contributed by atoms with Crippen molar-refractivity contribution in [3.05, 3.63) is 53.1 Å². The summed E-state index contributed by atoms with van der Waals surface area (Å²) < 4.78 is 33.3. The fourth-order valence-corrected chi connectivity index (χ4v) is 5.53. The normalized spacial score (nSPS) is 17.0. The molecule has 1 aliphatic rings. The summed E-state index contributed by atoms with van der Waals surface area (Å²) in [6.07, 6.45) is 0.514. The Hall–Kier alpha value is -2.05. The molecule has 0 unspecified atom stereocenters. The third-order valence-electron chi connectivity index (χ3n) is 4.41. The average molecular weight is 347 g/mol. The lowest BCUT2D eigenvalue weighted by atomic mass is 10.1. The molecule has 2 aromatic rings. The number of rotatable bonds is 4. The highest BCUT2D eigenvalue weighted by atomic mass is 32.2. The first-order valence-corrected chi connectivity index (χ1v) is 9.22. The molecule has 6 heteroatoms. The lowest BCUT2D eigenvalue weighted by Crippen LogP contribution is -2.40. The molecule has 0 amide bonds. The number of benzene rings is 2. The summed E-state index contributed by atoms with van der Waals surface area (Å²) in [4.78, 5) is 0.276. The van der Waals surface area contributed by atoms with E-state index in [-0.39, 0.29) is 11.5 Å². The molecule has 0 spiro atoms. The predicted molar refractivity (Wildman–Crippen MR) is 93.2 cm³/mol. The minimum atomic E-state index is -3.78. The van der Waals surface area contributed by atoms with Crippen molar-refractivity contribution in [1.82, 2.24) is 0 Å². The van der Waals surface area contributed by atoms with Crippen molar-refractivity contribution in [2.45, 2.75) is 31.2 Å². The molecule has 0 saturated heterocycles. The number of anilines is 1. The number of aryl methyl sites for hydroxylation is 2. The van der Waals surface area contributed by atoms with E-state index in [1.165, 1.54) is 4.31 Å². The van der Waals surface area contributed by atoms with E-state index in [0.29, 0.717) is 29.0 Å². The van der Waals surface area contributed by atoms with Crippen molar-refractivity contribution in [3.63, 3.8) is 0 Å². The van der Waals surface area contributed by atoms with Gasteiger partial charge in [0.2, 0.25) is 0 Å². The zero-order valence-corrected chi connectivity index (χ0v) is 14.8. The zero-order valence-electron chi connectivity index (χ0n) is 14.0. The van der Waals surface area contributed by atoms with Crippen LogP contribution < -0.4 is 9.04 Å². The Balaban J connectivity index is 2.18. The topological polar surface area (TPSA) is 66.8 Å². The first kappa shape index (κ1) is 16.8. The van der Waals surface area contributed by atoms with Gasteiger partial charge in [0.25, 0.3) is 10.0 Å². The quantitative estimate of drug-likeness (QED) is 0.922. The average Bonchev–Trinajstić information content (AvgIpc) is 2.93. The van der Waals surface area contributed by atoms with Crippen molar-refractivity contribution >= 4 is 15.7 Å². The number of hydrogen-bond donors (Lipinski definition) is 1. The van der Waals surface area contributed by atoms with Gasteiger partial charge in [-0.05, 0) is 55.2 Å². The van der Waals surface area contributed by atoms with Crippen LogP contribution >= 0.6 is 0 Å². The number of aliphatic hydroxyl groups excluding tert-OH is 1. The Bertz CT molecular complexity index is 853. The fourth-order valence-electron chi connectivity index (χ4n) is 3.43. The van der Waals surface area contributed by atoms with E-state index >= 15 is 0 Å². The number of para-hydroxylation sites is 1. The van der Waals surface area contributed by atoms with Crippen LogP contribution in [0.2, 0.25) is 0 Å². The first-order chi connectivity index (χ1) is 11.4. The van der Waals surface area contributed by atoms with Gasteiger partial charge in [-0.1, -0.05) is 18.2 Å². The van der Waals surface area contributed by atoms with Gasteiger partial charge < -0.3 is 9.84 Å². The van der Waals surface area contributed by atoms with Crippen molar-refractivity contribution in [2.24, 2.45) is 0 Å². The predicted octanol–water partition coefficient (Wildman–Crippen LogP) is 2.42. The standard InChI is InChI=1S/C18H21NO4S/c1-12-8-16(23-3)9-13(2)18(12)24(21,22)19-15(11-20)10-14-6-4-5-7-17(14)19/h4-9,15,20H,10-11H2,1-3H3/t15-/m1/s1. The highest BCUT2D eigenvalue weighted by Gasteiger charge is 2.39. The molecule has 1 aliphatic heterocycles. The maximum atomic E-state index is 13.4. The Kier molecular flexibility index (Phi) is 4.27. The van der Waals surface area contributed by atoms with E-state index in [0.717, 1.165) is 5.56 Å². The molecule has 5 nitrogen and oxygen atoms in total. The molecule has 0 radical (unpaired) electrons. The molecule has 3 rings (SSSR count). The van der Waals surface area contributed by atoms with Crippen molar-refractivity contribution in [3.8, 4) is 5.75 Å². The molecule has 0 aliphatic carbocycles. The van der Waals surface area contributed by atoms with E-state index in [1.54, 1.807) is 39.2 Å². The van der Waals surface area contributed by atoms with Crippen molar-refractivity contribution in [1.29, 1.82) is 0 Å². The third kappa shape index (κ3) is 2.56. The lowest BCUT2D eigenvalue weighted by Gasteiger charge is -2.27. The molecule has 128 valence electrons. The Morgan fingerprint density at radius 1 is 1.21 bits per heavy atom. The molecule has 0 bridgehead atoms. The second-order valence-corrected chi connectivity index (χ2v) is 7.81. The summed E-state index contributed by atoms with van der Waals surface area (Å²) in [5, 5.41) is 9.71. The summed E-state index contributed by atoms with van der Waals surface area (Å²) in [6.45, 7) is 3.30. The number of nitrogens with zero attached hydrogens (tertiary/aromatic N) is 1. The van der Waals surface area contributed by atoms with E-state index in [2.05, 4.69) is 0 Å². The second kappa shape index (κ2) is 6.11. The monoisotopic (exact) mass is 347 g/mol. The van der Waals surface area contributed by atoms with Gasteiger partial charge in [-0.25, -0.2) is 8.42 Å². The molecule has 24 heavy (non-hydrogen) atoms. The van der Waals surface area contributed by atoms with Gasteiger partial charge in [0.05, 0.1) is 30.3 Å². The van der Waals surface area contributed by atoms with Gasteiger partial charge in [0.15, 0.2) is 0 Å². The third-order valence-corrected chi connectivity index (χ3v) is 6.59. The Labute approximate surface area is 142 Å². The van der Waals surface area contributed by atoms with Crippen molar-refractivity contribution < 1.29 is 18.3 Å². The number of fused-ring (bicyclic) bond motifs is 1. The van der Waals surface area contributed by atoms with E-state index < -0.39 is 16.1 Å². The minimum absolute atomic E-state index is 0.220. The smallest absolute Gasteiger partial charge is 0.265 e. The van der Waals surface area contributed by atoms with E-state index in [4.69, 9.17) is 4.74 Å². The summed E-state index contributed by atoms with van der Waals surface area (Å²) in [6, 6.07) is 10.3. The van der Waals surface area contributed by atoms with Crippen LogP contribution in [0.25, 0.3) is 0 Å². The molecule has 0 fully saturated rings. The largest absolute Gasteiger partial charge is 0.497 e. The fraction of sp³-hybridized carbons (Fsp3) is 0.333. The van der Waals surface area contributed by atoms with Crippen molar-refractivity contribution in [2.75, 3.05) is 18.0 Å². The van der Waals surface area contributed by atoms with Crippen LogP contribution in [0.1, 0.15) is 16.7 Å². The number of ether oxygens (including phenoxy) is 1.